The summed E-state index contributed by atoms with van der Waals surface area (Å²) in [7, 11) is 0. The monoisotopic (exact) mass is 1660 g/mol. The summed E-state index contributed by atoms with van der Waals surface area (Å²) in [6.45, 7) is 4.68. The molecule has 11 heteroatoms. The number of hydrogen-bond donors (Lipinski definition) is 0. The van der Waals surface area contributed by atoms with Gasteiger partial charge in [-0.1, -0.05) is 257 Å². The van der Waals surface area contributed by atoms with Gasteiger partial charge in [0.05, 0.1) is 83.3 Å². The number of nitrogens with zero attached hydrogens (tertiary/aromatic N) is 10. The summed E-state index contributed by atoms with van der Waals surface area (Å²) in [6.07, 6.45) is 1.87. The highest BCUT2D eigenvalue weighted by Crippen LogP contribution is 2.51. The molecule has 0 aliphatic heterocycles. The first-order valence-corrected chi connectivity index (χ1v) is 44.3. The molecule has 0 fully saturated rings. The number of para-hydroxylation sites is 7. The molecule has 0 saturated heterocycles. The highest BCUT2D eigenvalue weighted by molar-refractivity contribution is 6.20. The third-order valence-electron chi connectivity index (χ3n) is 27.6. The van der Waals surface area contributed by atoms with Crippen LogP contribution in [0.4, 0.5) is 4.39 Å². The molecule has 0 atom stereocenters. The quantitative estimate of drug-likeness (QED) is 0.122. The van der Waals surface area contributed by atoms with E-state index >= 15 is 4.39 Å². The molecule has 18 aromatic carbocycles. The highest BCUT2D eigenvalue weighted by atomic mass is 19.1. The van der Waals surface area contributed by atoms with E-state index in [1.54, 1.807) is 12.1 Å². The van der Waals surface area contributed by atoms with Gasteiger partial charge in [-0.05, 0) is 225 Å². The van der Waals surface area contributed by atoms with Crippen LogP contribution in [0.5, 0.6) is 0 Å². The molecular formula is C119H75FN10. The first-order chi connectivity index (χ1) is 64.1. The molecule has 0 unspecified atom stereocenters. The summed E-state index contributed by atoms with van der Waals surface area (Å²) in [5.74, 6) is 0.875. The van der Waals surface area contributed by atoms with Crippen molar-refractivity contribution in [2.75, 3.05) is 0 Å². The Labute approximate surface area is 745 Å². The average molecular weight is 1660 g/mol. The molecule has 27 rings (SSSR count). The van der Waals surface area contributed by atoms with Crippen molar-refractivity contribution in [3.63, 3.8) is 0 Å². The van der Waals surface area contributed by atoms with Gasteiger partial charge in [0.15, 0.2) is 0 Å². The van der Waals surface area contributed by atoms with Crippen LogP contribution in [0.15, 0.2) is 419 Å². The number of hydrogen-bond acceptors (Lipinski definition) is 4. The van der Waals surface area contributed by atoms with E-state index in [0.29, 0.717) is 11.9 Å². The summed E-state index contributed by atoms with van der Waals surface area (Å²) in [5, 5.41) is 13.7. The van der Waals surface area contributed by atoms with Gasteiger partial charge in [-0.2, -0.15) is 0 Å². The predicted octanol–water partition coefficient (Wildman–Crippen LogP) is 30.3. The van der Waals surface area contributed by atoms with Gasteiger partial charge in [-0.25, -0.2) is 24.3 Å². The maximum atomic E-state index is 15.2. The highest BCUT2D eigenvalue weighted by Gasteiger charge is 2.36. The van der Waals surface area contributed by atoms with Crippen molar-refractivity contribution in [2.24, 2.45) is 0 Å². The Morgan fingerprint density at radius 3 is 1.16 bits per heavy atom. The second kappa shape index (κ2) is 28.2. The third-order valence-corrected chi connectivity index (χ3v) is 27.6. The van der Waals surface area contributed by atoms with Crippen molar-refractivity contribution in [2.45, 2.75) is 19.3 Å². The Bertz CT molecular complexity index is 9260. The molecule has 0 N–H and O–H groups in total. The minimum atomic E-state index is -0.292. The van der Waals surface area contributed by atoms with Crippen LogP contribution >= 0.6 is 0 Å². The van der Waals surface area contributed by atoms with Crippen LogP contribution in [0.25, 0.3) is 244 Å². The van der Waals surface area contributed by atoms with Crippen LogP contribution in [0.2, 0.25) is 0 Å². The fourth-order valence-electron chi connectivity index (χ4n) is 21.6. The summed E-state index contributed by atoms with van der Waals surface area (Å²) in [6, 6.07) is 148. The van der Waals surface area contributed by atoms with Crippen LogP contribution in [0.3, 0.4) is 0 Å². The van der Waals surface area contributed by atoms with Crippen LogP contribution < -0.4 is 0 Å². The van der Waals surface area contributed by atoms with E-state index < -0.39 is 0 Å². The van der Waals surface area contributed by atoms with Crippen molar-refractivity contribution in [3.8, 4) is 113 Å². The minimum absolute atomic E-state index is 0.234. The molecular weight excluding hydrogens is 1590 g/mol. The Balaban J connectivity index is 0.567. The lowest BCUT2D eigenvalue weighted by atomic mass is 9.82. The number of halogens is 1. The van der Waals surface area contributed by atoms with Gasteiger partial charge < -0.3 is 18.3 Å². The lowest BCUT2D eigenvalue weighted by Crippen LogP contribution is -2.15. The molecule has 0 saturated carbocycles. The summed E-state index contributed by atoms with van der Waals surface area (Å²) < 4.78 is 29.1. The lowest BCUT2D eigenvalue weighted by Gasteiger charge is -2.22. The largest absolute Gasteiger partial charge is 0.309 e. The second-order valence-corrected chi connectivity index (χ2v) is 35.0. The van der Waals surface area contributed by atoms with E-state index in [4.69, 9.17) is 19.9 Å². The summed E-state index contributed by atoms with van der Waals surface area (Å²) in [4.78, 5) is 21.8. The van der Waals surface area contributed by atoms with Crippen molar-refractivity contribution in [3.05, 3.63) is 436 Å². The molecule has 10 nitrogen and oxygen atoms in total. The molecule has 0 bridgehead atoms. The fraction of sp³-hybridized carbons (Fsp3) is 0.0252. The van der Waals surface area contributed by atoms with E-state index in [9.17, 15) is 0 Å². The van der Waals surface area contributed by atoms with E-state index in [-0.39, 0.29) is 11.2 Å². The van der Waals surface area contributed by atoms with Gasteiger partial charge >= 0.3 is 0 Å². The van der Waals surface area contributed by atoms with E-state index in [1.807, 2.05) is 24.4 Å². The molecule has 0 radical (unpaired) electrons. The molecule has 0 spiro atoms. The minimum Gasteiger partial charge on any atom is -0.309 e. The maximum Gasteiger partial charge on any atom is 0.235 e. The normalized spacial score (nSPS) is 12.6. The molecule has 8 heterocycles. The molecule has 26 aromatic rings. The van der Waals surface area contributed by atoms with Gasteiger partial charge in [0.1, 0.15) is 5.82 Å². The van der Waals surface area contributed by atoms with Crippen LogP contribution in [0.1, 0.15) is 25.0 Å². The standard InChI is InChI=1S/C119H75FN10/c1-119(2)99-37-13-6-29-86(99)87-55-47-79(68-100(87)119)103-71-102(123-118(124-103)130-109-43-19-12-35-93(109)97-66-72(49-59-112(97)130)74-45-56-94-90-32-9-14-38-104(90)125(114(94)69-74)81-25-4-3-5-26-81)78-24-21-28-84(64-78)128-107-41-17-10-33-91(107)98-67-76(50-60-110(98)128)85-36-22-44-113-116(85)95-57-46-75(70-115(95)126(113)82-53-51-80(120)52-54-82)73-48-58-111-96(65-73)92-34-11-18-42-108(92)129(111)117-121-62-61-101(122-117)77-23-20-27-83(63-77)127-105-39-15-7-30-88(105)89-31-8-16-40-106(89)127/h3-71H,1-2H3. The van der Waals surface area contributed by atoms with Gasteiger partial charge in [0.25, 0.3) is 0 Å². The van der Waals surface area contributed by atoms with Gasteiger partial charge in [-0.3, -0.25) is 9.13 Å². The average Bonchev–Trinajstić information content (AvgIpc) is 1.56. The van der Waals surface area contributed by atoms with E-state index in [0.717, 1.165) is 194 Å². The number of benzene rings is 18. The fourth-order valence-corrected chi connectivity index (χ4v) is 21.6. The smallest absolute Gasteiger partial charge is 0.235 e. The van der Waals surface area contributed by atoms with Crippen molar-refractivity contribution in [1.29, 1.82) is 0 Å². The number of rotatable bonds is 12. The Kier molecular flexibility index (Phi) is 15.9. The number of aromatic nitrogens is 10. The third kappa shape index (κ3) is 11.1. The van der Waals surface area contributed by atoms with Crippen LogP contribution in [0, 0.1) is 5.82 Å². The van der Waals surface area contributed by atoms with Gasteiger partial charge in [0.2, 0.25) is 11.9 Å². The zero-order valence-electron chi connectivity index (χ0n) is 70.7. The Morgan fingerprint density at radius 2 is 0.577 bits per heavy atom. The predicted molar refractivity (Wildman–Crippen MR) is 534 cm³/mol. The maximum absolute atomic E-state index is 15.2. The molecule has 608 valence electrons. The van der Waals surface area contributed by atoms with Crippen LogP contribution in [-0.2, 0) is 5.41 Å². The molecule has 130 heavy (non-hydrogen) atoms. The van der Waals surface area contributed by atoms with Gasteiger partial charge in [0, 0.05) is 116 Å². The Morgan fingerprint density at radius 1 is 0.208 bits per heavy atom. The topological polar surface area (TPSA) is 81.1 Å². The molecule has 1 aliphatic rings. The number of fused-ring (bicyclic) bond motifs is 21. The Hall–Kier alpha value is -17.2. The van der Waals surface area contributed by atoms with Crippen molar-refractivity contribution in [1.82, 2.24) is 47.3 Å². The van der Waals surface area contributed by atoms with Crippen LogP contribution in [-0.4, -0.2) is 47.3 Å². The van der Waals surface area contributed by atoms with E-state index in [2.05, 4.69) is 423 Å². The first-order valence-electron chi connectivity index (χ1n) is 44.3. The van der Waals surface area contributed by atoms with Crippen molar-refractivity contribution < 1.29 is 4.39 Å². The second-order valence-electron chi connectivity index (χ2n) is 35.0. The molecule has 0 amide bonds. The first kappa shape index (κ1) is 73.2. The van der Waals surface area contributed by atoms with E-state index in [1.165, 1.54) is 49.3 Å². The summed E-state index contributed by atoms with van der Waals surface area (Å²) >= 11 is 0. The SMILES string of the molecule is CC1(C)c2ccccc2-c2ccc(-c3cc(-c4cccc(-n5c6ccccc6c6cc(-c7cccc8c7c7ccc(-c9ccc%10c(c9)c9ccccc9n%10-c9nccc(-c%10cccc(-n%11c%12ccccc%12c%12ccccc%12%11)c%10)n9)cc7n8-c7ccc(F)cc7)ccc65)c4)nc(-n4c5ccccc5c5cc(-c6ccc7c8ccccc8n(-c8ccccc8)c7c6)ccc54)n3)cc21. The lowest BCUT2D eigenvalue weighted by molar-refractivity contribution is 0.627. The zero-order valence-corrected chi connectivity index (χ0v) is 70.7. The molecule has 1 aliphatic carbocycles. The summed E-state index contributed by atoms with van der Waals surface area (Å²) in [5.41, 5.74) is 33.7. The van der Waals surface area contributed by atoms with Gasteiger partial charge in [-0.15, -0.1) is 0 Å². The zero-order chi connectivity index (χ0) is 85.7. The molecule has 8 aromatic heterocycles. The van der Waals surface area contributed by atoms with Crippen molar-refractivity contribution >= 4 is 131 Å².